The maximum atomic E-state index is 12.9. The number of sulfone groups is 1. The standard InChI is InChI=1S/C35H37ClN4O6S/c1-23-7-6-8-24(17-23)21-44-32-13-10-26(19-29(32)36)39-33-28-18-25(9-12-30(28)37-22-38-33)31-14-11-27(45-31)20-40(15-16-47(5,42)43)34(41)46-35(2,3)4/h6-14,17-19,22H,15-16,20-21H2,1-5H3,(H,37,38,39). The number of amides is 1. The summed E-state index contributed by atoms with van der Waals surface area (Å²) in [6.07, 6.45) is 1.99. The minimum absolute atomic E-state index is 0.0318. The van der Waals surface area contributed by atoms with E-state index in [-0.39, 0.29) is 18.8 Å². The molecule has 3 aromatic carbocycles. The van der Waals surface area contributed by atoms with Gasteiger partial charge in [-0.3, -0.25) is 4.90 Å². The molecular weight excluding hydrogens is 640 g/mol. The maximum absolute atomic E-state index is 12.9. The second-order valence-corrected chi connectivity index (χ2v) is 15.0. The Hall–Kier alpha value is -4.61. The lowest BCUT2D eigenvalue weighted by atomic mass is 10.1. The van der Waals surface area contributed by atoms with Crippen LogP contribution < -0.4 is 10.1 Å². The Labute approximate surface area is 279 Å². The summed E-state index contributed by atoms with van der Waals surface area (Å²) in [5, 5.41) is 4.55. The lowest BCUT2D eigenvalue weighted by Gasteiger charge is -2.26. The Kier molecular flexibility index (Phi) is 10.1. The molecule has 10 nitrogen and oxygen atoms in total. The van der Waals surface area contributed by atoms with Crippen molar-refractivity contribution in [3.05, 3.63) is 101 Å². The second-order valence-electron chi connectivity index (χ2n) is 12.3. The van der Waals surface area contributed by atoms with E-state index >= 15 is 0 Å². The zero-order chi connectivity index (χ0) is 33.8. The van der Waals surface area contributed by atoms with Gasteiger partial charge in [0.05, 0.1) is 22.8 Å². The van der Waals surface area contributed by atoms with Crippen LogP contribution in [-0.2, 0) is 27.7 Å². The molecule has 0 atom stereocenters. The molecule has 2 aromatic heterocycles. The SMILES string of the molecule is Cc1cccc(COc2ccc(Nc3ncnc4ccc(-c5ccc(CN(CCS(C)(=O)=O)C(=O)OC(C)(C)C)o5)cc34)cc2Cl)c1. The molecule has 1 amide bonds. The van der Waals surface area contributed by atoms with Crippen LogP contribution in [0.5, 0.6) is 5.75 Å². The summed E-state index contributed by atoms with van der Waals surface area (Å²) in [5.74, 6) is 1.98. The molecule has 0 fully saturated rings. The summed E-state index contributed by atoms with van der Waals surface area (Å²) in [4.78, 5) is 23.1. The molecule has 0 saturated heterocycles. The van der Waals surface area contributed by atoms with Crippen LogP contribution in [0.1, 0.15) is 37.7 Å². The molecule has 0 aliphatic carbocycles. The van der Waals surface area contributed by atoms with Gasteiger partial charge in [0.1, 0.15) is 51.5 Å². The normalized spacial score (nSPS) is 11.8. The van der Waals surface area contributed by atoms with Crippen LogP contribution in [0.15, 0.2) is 83.5 Å². The van der Waals surface area contributed by atoms with Gasteiger partial charge in [0, 0.05) is 29.4 Å². The van der Waals surface area contributed by atoms with E-state index in [0.29, 0.717) is 34.7 Å². The quantitative estimate of drug-likeness (QED) is 0.148. The third kappa shape index (κ3) is 9.46. The zero-order valence-electron chi connectivity index (χ0n) is 26.9. The van der Waals surface area contributed by atoms with Crippen molar-refractivity contribution in [1.82, 2.24) is 14.9 Å². The van der Waals surface area contributed by atoms with Crippen molar-refractivity contribution in [1.29, 1.82) is 0 Å². The topological polar surface area (TPSA) is 124 Å². The van der Waals surface area contributed by atoms with E-state index in [1.54, 1.807) is 39.0 Å². The van der Waals surface area contributed by atoms with Crippen LogP contribution in [0.3, 0.4) is 0 Å². The van der Waals surface area contributed by atoms with Crippen molar-refractivity contribution in [2.45, 2.75) is 46.4 Å². The fraction of sp³-hybridized carbons (Fsp3) is 0.286. The molecule has 1 N–H and O–H groups in total. The smallest absolute Gasteiger partial charge is 0.410 e. The fourth-order valence-corrected chi connectivity index (χ4v) is 5.54. The lowest BCUT2D eigenvalue weighted by Crippen LogP contribution is -2.38. The van der Waals surface area contributed by atoms with Crippen molar-refractivity contribution < 1.29 is 27.1 Å². The molecule has 0 saturated carbocycles. The summed E-state index contributed by atoms with van der Waals surface area (Å²) >= 11 is 6.58. The molecule has 246 valence electrons. The number of aryl methyl sites for hydroxylation is 1. The van der Waals surface area contributed by atoms with Gasteiger partial charge in [0.2, 0.25) is 0 Å². The molecule has 0 radical (unpaired) electrons. The molecule has 0 unspecified atom stereocenters. The lowest BCUT2D eigenvalue weighted by molar-refractivity contribution is 0.0234. The highest BCUT2D eigenvalue weighted by Gasteiger charge is 2.24. The number of hydrogen-bond acceptors (Lipinski definition) is 9. The van der Waals surface area contributed by atoms with Crippen molar-refractivity contribution in [2.75, 3.05) is 23.9 Å². The molecule has 5 aromatic rings. The average molecular weight is 677 g/mol. The van der Waals surface area contributed by atoms with Crippen LogP contribution in [0.25, 0.3) is 22.2 Å². The molecule has 12 heteroatoms. The van der Waals surface area contributed by atoms with Gasteiger partial charge in [-0.05, 0) is 81.8 Å². The van der Waals surface area contributed by atoms with E-state index in [2.05, 4.69) is 21.4 Å². The number of carbonyl (C=O) groups excluding carboxylic acids is 1. The highest BCUT2D eigenvalue weighted by atomic mass is 35.5. The number of furan rings is 1. The number of aromatic nitrogens is 2. The molecule has 0 bridgehead atoms. The number of fused-ring (bicyclic) bond motifs is 1. The van der Waals surface area contributed by atoms with Crippen LogP contribution in [0.4, 0.5) is 16.3 Å². The molecular formula is C35H37ClN4O6S. The first kappa shape index (κ1) is 33.7. The third-order valence-electron chi connectivity index (χ3n) is 6.98. The van der Waals surface area contributed by atoms with E-state index in [9.17, 15) is 13.2 Å². The largest absolute Gasteiger partial charge is 0.487 e. The maximum Gasteiger partial charge on any atom is 0.410 e. The Balaban J connectivity index is 1.33. The van der Waals surface area contributed by atoms with Gasteiger partial charge >= 0.3 is 6.09 Å². The number of carbonyl (C=O) groups is 1. The van der Waals surface area contributed by atoms with Crippen LogP contribution in [0, 0.1) is 6.92 Å². The van der Waals surface area contributed by atoms with Gasteiger partial charge in [0.15, 0.2) is 0 Å². The Morgan fingerprint density at radius 1 is 1.02 bits per heavy atom. The van der Waals surface area contributed by atoms with E-state index in [1.165, 1.54) is 11.2 Å². The summed E-state index contributed by atoms with van der Waals surface area (Å²) in [6, 6.07) is 22.8. The predicted octanol–water partition coefficient (Wildman–Crippen LogP) is 7.96. The highest BCUT2D eigenvalue weighted by molar-refractivity contribution is 7.90. The number of halogens is 1. The monoisotopic (exact) mass is 676 g/mol. The number of ether oxygens (including phenoxy) is 2. The fourth-order valence-electron chi connectivity index (χ4n) is 4.75. The van der Waals surface area contributed by atoms with Crippen molar-refractivity contribution in [2.24, 2.45) is 0 Å². The molecule has 2 heterocycles. The predicted molar refractivity (Wildman–Crippen MR) is 184 cm³/mol. The van der Waals surface area contributed by atoms with Gasteiger partial charge in [-0.1, -0.05) is 41.4 Å². The first-order valence-electron chi connectivity index (χ1n) is 15.0. The van der Waals surface area contributed by atoms with Gasteiger partial charge in [-0.15, -0.1) is 0 Å². The number of rotatable bonds is 11. The van der Waals surface area contributed by atoms with E-state index in [4.69, 9.17) is 25.5 Å². The van der Waals surface area contributed by atoms with Gasteiger partial charge < -0.3 is 19.2 Å². The molecule has 47 heavy (non-hydrogen) atoms. The first-order valence-corrected chi connectivity index (χ1v) is 17.4. The molecule has 0 aliphatic heterocycles. The minimum Gasteiger partial charge on any atom is -0.487 e. The summed E-state index contributed by atoms with van der Waals surface area (Å²) in [5.41, 5.74) is 3.69. The molecule has 0 spiro atoms. The number of nitrogens with one attached hydrogen (secondary N) is 1. The van der Waals surface area contributed by atoms with E-state index in [0.717, 1.165) is 39.5 Å². The number of nitrogens with zero attached hydrogens (tertiary/aromatic N) is 3. The Bertz CT molecular complexity index is 2010. The summed E-state index contributed by atoms with van der Waals surface area (Å²) < 4.78 is 41.2. The Morgan fingerprint density at radius 2 is 1.83 bits per heavy atom. The van der Waals surface area contributed by atoms with Crippen molar-refractivity contribution >= 4 is 49.9 Å². The van der Waals surface area contributed by atoms with Crippen molar-refractivity contribution in [3.8, 4) is 17.1 Å². The van der Waals surface area contributed by atoms with Crippen molar-refractivity contribution in [3.63, 3.8) is 0 Å². The molecule has 0 aliphatic rings. The number of benzene rings is 3. The first-order chi connectivity index (χ1) is 22.2. The highest BCUT2D eigenvalue weighted by Crippen LogP contribution is 2.33. The second kappa shape index (κ2) is 14.0. The molecule has 5 rings (SSSR count). The van der Waals surface area contributed by atoms with Gasteiger partial charge in [-0.2, -0.15) is 0 Å². The Morgan fingerprint density at radius 3 is 2.55 bits per heavy atom. The van der Waals surface area contributed by atoms with E-state index in [1.807, 2.05) is 55.5 Å². The van der Waals surface area contributed by atoms with E-state index < -0.39 is 21.5 Å². The summed E-state index contributed by atoms with van der Waals surface area (Å²) in [7, 11) is -3.30. The van der Waals surface area contributed by atoms with Crippen LogP contribution in [-0.4, -0.2) is 53.5 Å². The zero-order valence-corrected chi connectivity index (χ0v) is 28.5. The van der Waals surface area contributed by atoms with Crippen LogP contribution in [0.2, 0.25) is 5.02 Å². The number of anilines is 2. The summed E-state index contributed by atoms with van der Waals surface area (Å²) in [6.45, 7) is 7.71. The third-order valence-corrected chi connectivity index (χ3v) is 8.20. The average Bonchev–Trinajstić information content (AvgIpc) is 3.46. The van der Waals surface area contributed by atoms with Gasteiger partial charge in [-0.25, -0.2) is 23.2 Å². The number of hydrogen-bond donors (Lipinski definition) is 1. The van der Waals surface area contributed by atoms with Crippen LogP contribution >= 0.6 is 11.6 Å². The minimum atomic E-state index is -3.30. The van der Waals surface area contributed by atoms with Gasteiger partial charge in [0.25, 0.3) is 0 Å².